The number of halogens is 1. The van der Waals surface area contributed by atoms with Gasteiger partial charge in [-0.2, -0.15) is 0 Å². The molecule has 0 spiro atoms. The lowest BCUT2D eigenvalue weighted by molar-refractivity contribution is 0.592. The summed E-state index contributed by atoms with van der Waals surface area (Å²) in [5.74, 6) is 0.293. The molecule has 1 heterocycles. The van der Waals surface area contributed by atoms with Crippen molar-refractivity contribution in [2.45, 2.75) is 24.9 Å². The SMILES string of the molecule is CN=C(NCc1ccc(C)cc1SC)NCc1ncccc1F. The van der Waals surface area contributed by atoms with Gasteiger partial charge in [0.1, 0.15) is 5.82 Å². The molecule has 0 radical (unpaired) electrons. The molecule has 0 saturated carbocycles. The predicted molar refractivity (Wildman–Crippen MR) is 94.2 cm³/mol. The number of pyridine rings is 1. The van der Waals surface area contributed by atoms with E-state index >= 15 is 0 Å². The van der Waals surface area contributed by atoms with Crippen molar-refractivity contribution < 1.29 is 4.39 Å². The number of nitrogens with zero attached hydrogens (tertiary/aromatic N) is 2. The van der Waals surface area contributed by atoms with Crippen LogP contribution in [0.3, 0.4) is 0 Å². The molecule has 4 nitrogen and oxygen atoms in total. The minimum atomic E-state index is -0.321. The summed E-state index contributed by atoms with van der Waals surface area (Å²) in [6.45, 7) is 3.02. The van der Waals surface area contributed by atoms with E-state index in [4.69, 9.17) is 0 Å². The van der Waals surface area contributed by atoms with E-state index in [2.05, 4.69) is 52.0 Å². The molecule has 2 N–H and O–H groups in total. The van der Waals surface area contributed by atoms with Crippen molar-refractivity contribution >= 4 is 17.7 Å². The highest BCUT2D eigenvalue weighted by Gasteiger charge is 2.06. The van der Waals surface area contributed by atoms with E-state index in [1.54, 1.807) is 31.1 Å². The maximum absolute atomic E-state index is 13.6. The van der Waals surface area contributed by atoms with Crippen molar-refractivity contribution in [3.63, 3.8) is 0 Å². The van der Waals surface area contributed by atoms with E-state index in [0.717, 1.165) is 0 Å². The first-order valence-corrected chi connectivity index (χ1v) is 8.54. The Kier molecular flexibility index (Phi) is 6.40. The summed E-state index contributed by atoms with van der Waals surface area (Å²) in [4.78, 5) is 9.41. The van der Waals surface area contributed by atoms with Crippen LogP contribution in [0.1, 0.15) is 16.8 Å². The first-order chi connectivity index (χ1) is 11.1. The van der Waals surface area contributed by atoms with E-state index < -0.39 is 0 Å². The summed E-state index contributed by atoms with van der Waals surface area (Å²) in [5.41, 5.74) is 2.82. The molecule has 6 heteroatoms. The van der Waals surface area contributed by atoms with Crippen molar-refractivity contribution in [1.29, 1.82) is 0 Å². The lowest BCUT2D eigenvalue weighted by Gasteiger charge is -2.14. The first-order valence-electron chi connectivity index (χ1n) is 7.31. The third kappa shape index (κ3) is 4.96. The smallest absolute Gasteiger partial charge is 0.191 e. The van der Waals surface area contributed by atoms with Gasteiger partial charge < -0.3 is 10.6 Å². The maximum Gasteiger partial charge on any atom is 0.191 e. The van der Waals surface area contributed by atoms with Crippen LogP contribution in [0.15, 0.2) is 46.4 Å². The number of rotatable bonds is 5. The normalized spacial score (nSPS) is 11.4. The largest absolute Gasteiger partial charge is 0.352 e. The molecule has 1 aromatic carbocycles. The number of guanidine groups is 1. The molecule has 2 rings (SSSR count). The Labute approximate surface area is 140 Å². The highest BCUT2D eigenvalue weighted by atomic mass is 32.2. The van der Waals surface area contributed by atoms with Gasteiger partial charge in [-0.1, -0.05) is 12.1 Å². The molecular weight excluding hydrogens is 311 g/mol. The number of aromatic nitrogens is 1. The number of benzene rings is 1. The Bertz CT molecular complexity index is 688. The van der Waals surface area contributed by atoms with Crippen molar-refractivity contribution in [1.82, 2.24) is 15.6 Å². The number of thioether (sulfide) groups is 1. The summed E-state index contributed by atoms with van der Waals surface area (Å²) in [6, 6.07) is 9.35. The van der Waals surface area contributed by atoms with Gasteiger partial charge in [-0.25, -0.2) is 4.39 Å². The average molecular weight is 332 g/mol. The molecule has 0 aliphatic heterocycles. The monoisotopic (exact) mass is 332 g/mol. The Balaban J connectivity index is 1.94. The second-order valence-electron chi connectivity index (χ2n) is 5.03. The lowest BCUT2D eigenvalue weighted by Crippen LogP contribution is -2.36. The minimum absolute atomic E-state index is 0.287. The molecule has 0 amide bonds. The van der Waals surface area contributed by atoms with Gasteiger partial charge >= 0.3 is 0 Å². The van der Waals surface area contributed by atoms with Crippen LogP contribution in [0, 0.1) is 12.7 Å². The highest BCUT2D eigenvalue weighted by molar-refractivity contribution is 7.98. The van der Waals surface area contributed by atoms with Crippen LogP contribution in [0.5, 0.6) is 0 Å². The third-order valence-corrected chi connectivity index (χ3v) is 4.19. The van der Waals surface area contributed by atoms with Crippen molar-refractivity contribution in [2.75, 3.05) is 13.3 Å². The van der Waals surface area contributed by atoms with Crippen LogP contribution in [0.2, 0.25) is 0 Å². The summed E-state index contributed by atoms with van der Waals surface area (Å²) in [7, 11) is 1.69. The summed E-state index contributed by atoms with van der Waals surface area (Å²) in [5, 5.41) is 6.32. The molecule has 0 atom stereocenters. The number of aryl methyl sites for hydroxylation is 1. The van der Waals surface area contributed by atoms with Gasteiger partial charge in [-0.15, -0.1) is 11.8 Å². The summed E-state index contributed by atoms with van der Waals surface area (Å²) < 4.78 is 13.6. The summed E-state index contributed by atoms with van der Waals surface area (Å²) >= 11 is 1.72. The standard InChI is InChI=1S/C17H21FN4S/c1-12-6-7-13(16(9-12)23-3)10-21-17(19-2)22-11-15-14(18)5-4-8-20-15/h4-9H,10-11H2,1-3H3,(H2,19,21,22). The molecule has 0 fully saturated rings. The molecule has 0 unspecified atom stereocenters. The maximum atomic E-state index is 13.6. The van der Waals surface area contributed by atoms with E-state index in [1.165, 1.54) is 22.1 Å². The van der Waals surface area contributed by atoms with Crippen LogP contribution >= 0.6 is 11.8 Å². The molecule has 0 aliphatic carbocycles. The van der Waals surface area contributed by atoms with Gasteiger partial charge in [0, 0.05) is 24.7 Å². The Morgan fingerprint density at radius 1 is 1.26 bits per heavy atom. The minimum Gasteiger partial charge on any atom is -0.352 e. The van der Waals surface area contributed by atoms with Crippen molar-refractivity contribution in [3.8, 4) is 0 Å². The van der Waals surface area contributed by atoms with Crippen molar-refractivity contribution in [3.05, 3.63) is 59.2 Å². The number of nitrogens with one attached hydrogen (secondary N) is 2. The van der Waals surface area contributed by atoms with Gasteiger partial charge in [-0.3, -0.25) is 9.98 Å². The molecular formula is C17H21FN4S. The molecule has 0 bridgehead atoms. The van der Waals surface area contributed by atoms with Gasteiger partial charge in [-0.05, 0) is 42.5 Å². The molecule has 23 heavy (non-hydrogen) atoms. The van der Waals surface area contributed by atoms with Crippen LogP contribution in [0.25, 0.3) is 0 Å². The third-order valence-electron chi connectivity index (χ3n) is 3.37. The zero-order chi connectivity index (χ0) is 16.7. The molecule has 0 saturated heterocycles. The summed E-state index contributed by atoms with van der Waals surface area (Å²) in [6.07, 6.45) is 3.64. The van der Waals surface area contributed by atoms with Crippen LogP contribution < -0.4 is 10.6 Å². The van der Waals surface area contributed by atoms with Gasteiger partial charge in [0.2, 0.25) is 0 Å². The number of hydrogen-bond donors (Lipinski definition) is 2. The zero-order valence-corrected chi connectivity index (χ0v) is 14.4. The van der Waals surface area contributed by atoms with Crippen LogP contribution in [-0.2, 0) is 13.1 Å². The lowest BCUT2D eigenvalue weighted by atomic mass is 10.1. The quantitative estimate of drug-likeness (QED) is 0.502. The highest BCUT2D eigenvalue weighted by Crippen LogP contribution is 2.21. The fourth-order valence-corrected chi connectivity index (χ4v) is 2.82. The Hall–Kier alpha value is -2.08. The second kappa shape index (κ2) is 8.53. The Morgan fingerprint density at radius 3 is 2.74 bits per heavy atom. The second-order valence-corrected chi connectivity index (χ2v) is 5.87. The van der Waals surface area contributed by atoms with Gasteiger partial charge in [0.15, 0.2) is 5.96 Å². The predicted octanol–water partition coefficient (Wildman–Crippen LogP) is 3.12. The van der Waals surface area contributed by atoms with E-state index in [0.29, 0.717) is 18.2 Å². The number of aliphatic imine (C=N–C) groups is 1. The zero-order valence-electron chi connectivity index (χ0n) is 13.6. The molecule has 2 aromatic rings. The Morgan fingerprint density at radius 2 is 2.04 bits per heavy atom. The van der Waals surface area contributed by atoms with E-state index in [-0.39, 0.29) is 12.4 Å². The van der Waals surface area contributed by atoms with Gasteiger partial charge in [0.25, 0.3) is 0 Å². The topological polar surface area (TPSA) is 49.3 Å². The van der Waals surface area contributed by atoms with Crippen molar-refractivity contribution in [2.24, 2.45) is 4.99 Å². The average Bonchev–Trinajstić information content (AvgIpc) is 2.57. The fourth-order valence-electron chi connectivity index (χ4n) is 2.11. The van der Waals surface area contributed by atoms with Crippen LogP contribution in [0.4, 0.5) is 4.39 Å². The van der Waals surface area contributed by atoms with Gasteiger partial charge in [0.05, 0.1) is 12.2 Å². The molecule has 1 aromatic heterocycles. The molecule has 122 valence electrons. The van der Waals surface area contributed by atoms with E-state index in [1.807, 2.05) is 0 Å². The first kappa shape index (κ1) is 17.3. The fraction of sp³-hybridized carbons (Fsp3) is 0.294. The molecule has 0 aliphatic rings. The van der Waals surface area contributed by atoms with E-state index in [9.17, 15) is 4.39 Å². The van der Waals surface area contributed by atoms with Crippen LogP contribution in [-0.4, -0.2) is 24.2 Å². The number of hydrogen-bond acceptors (Lipinski definition) is 3.